The summed E-state index contributed by atoms with van der Waals surface area (Å²) in [6.45, 7) is 1.64. The number of carbonyl (C=O) groups excluding carboxylic acids is 2. The smallest absolute Gasteiger partial charge is 0.407 e. The first-order valence-corrected chi connectivity index (χ1v) is 12.7. The molecule has 3 aromatic carbocycles. The highest BCUT2D eigenvalue weighted by atomic mass is 16.5. The van der Waals surface area contributed by atoms with Gasteiger partial charge < -0.3 is 30.0 Å². The number of carboxylic acids is 1. The zero-order valence-electron chi connectivity index (χ0n) is 21.8. The van der Waals surface area contributed by atoms with Crippen LogP contribution in [0.4, 0.5) is 4.79 Å². The Bertz CT molecular complexity index is 1250. The van der Waals surface area contributed by atoms with E-state index in [-0.39, 0.29) is 25.7 Å². The monoisotopic (exact) mass is 532 g/mol. The lowest BCUT2D eigenvalue weighted by molar-refractivity contribution is -0.147. The molecular weight excluding hydrogens is 500 g/mol. The third-order valence-electron chi connectivity index (χ3n) is 6.67. The highest BCUT2D eigenvalue weighted by Crippen LogP contribution is 2.44. The molecule has 0 aliphatic heterocycles. The standard InChI is InChI=1S/C30H32N2O7/c1-19(38-16-20-10-4-3-5-11-20)27(29(34)35)32-28(33)26(18-37-2)31-30(36)39-17-25-23-14-8-6-12-21(23)22-13-7-9-15-24(22)25/h3-15,19,25-27H,16-18H2,1-2H3,(H,31,36)(H,32,33)(H,34,35)/t19-,26?,27+/m1/s1. The van der Waals surface area contributed by atoms with Crippen molar-refractivity contribution in [1.29, 1.82) is 0 Å². The summed E-state index contributed by atoms with van der Waals surface area (Å²) >= 11 is 0. The molecule has 0 saturated heterocycles. The third-order valence-corrected chi connectivity index (χ3v) is 6.67. The number of ether oxygens (including phenoxy) is 3. The number of fused-ring (bicyclic) bond motifs is 3. The third kappa shape index (κ3) is 6.81. The molecule has 9 nitrogen and oxygen atoms in total. The van der Waals surface area contributed by atoms with E-state index in [9.17, 15) is 19.5 Å². The van der Waals surface area contributed by atoms with Gasteiger partial charge in [0.05, 0.1) is 19.3 Å². The van der Waals surface area contributed by atoms with Crippen molar-refractivity contribution in [3.63, 3.8) is 0 Å². The van der Waals surface area contributed by atoms with Crippen LogP contribution in [0.25, 0.3) is 11.1 Å². The molecule has 9 heteroatoms. The van der Waals surface area contributed by atoms with Crippen LogP contribution in [0.5, 0.6) is 0 Å². The van der Waals surface area contributed by atoms with Gasteiger partial charge in [0.15, 0.2) is 6.04 Å². The molecule has 0 spiro atoms. The minimum atomic E-state index is -1.34. The van der Waals surface area contributed by atoms with Crippen LogP contribution in [0.3, 0.4) is 0 Å². The van der Waals surface area contributed by atoms with Crippen LogP contribution in [0.1, 0.15) is 29.5 Å². The maximum absolute atomic E-state index is 13.0. The maximum Gasteiger partial charge on any atom is 0.407 e. The number of amides is 2. The average molecular weight is 533 g/mol. The molecule has 3 atom stereocenters. The first kappa shape index (κ1) is 27.8. The zero-order valence-corrected chi connectivity index (χ0v) is 21.8. The molecule has 0 heterocycles. The van der Waals surface area contributed by atoms with E-state index in [0.29, 0.717) is 0 Å². The summed E-state index contributed by atoms with van der Waals surface area (Å²) in [4.78, 5) is 37.6. The quantitative estimate of drug-likeness (QED) is 0.325. The van der Waals surface area contributed by atoms with Gasteiger partial charge in [-0.3, -0.25) is 4.79 Å². The second-order valence-corrected chi connectivity index (χ2v) is 9.30. The number of aliphatic carboxylic acids is 1. The van der Waals surface area contributed by atoms with Gasteiger partial charge in [0, 0.05) is 13.0 Å². The summed E-state index contributed by atoms with van der Waals surface area (Å²) in [6.07, 6.45) is -1.65. The van der Waals surface area contributed by atoms with Crippen molar-refractivity contribution in [2.75, 3.05) is 20.3 Å². The van der Waals surface area contributed by atoms with Gasteiger partial charge in [-0.15, -0.1) is 0 Å². The molecule has 0 saturated carbocycles. The van der Waals surface area contributed by atoms with Crippen molar-refractivity contribution in [2.45, 2.75) is 37.6 Å². The van der Waals surface area contributed by atoms with Gasteiger partial charge in [-0.05, 0) is 34.7 Å². The predicted molar refractivity (Wildman–Crippen MR) is 144 cm³/mol. The lowest BCUT2D eigenvalue weighted by atomic mass is 9.98. The van der Waals surface area contributed by atoms with Crippen LogP contribution in [0.15, 0.2) is 78.9 Å². The number of alkyl carbamates (subject to hydrolysis) is 1. The minimum absolute atomic E-state index is 0.0727. The van der Waals surface area contributed by atoms with Crippen LogP contribution in [-0.2, 0) is 30.4 Å². The summed E-state index contributed by atoms with van der Waals surface area (Å²) in [5.41, 5.74) is 5.19. The molecule has 0 radical (unpaired) electrons. The Morgan fingerprint density at radius 2 is 1.46 bits per heavy atom. The van der Waals surface area contributed by atoms with Crippen molar-refractivity contribution < 1.29 is 33.7 Å². The zero-order chi connectivity index (χ0) is 27.8. The normalized spacial score (nSPS) is 14.4. The van der Waals surface area contributed by atoms with Crippen molar-refractivity contribution in [1.82, 2.24) is 10.6 Å². The lowest BCUT2D eigenvalue weighted by Crippen LogP contribution is -2.56. The van der Waals surface area contributed by atoms with E-state index in [4.69, 9.17) is 14.2 Å². The Balaban J connectivity index is 1.35. The van der Waals surface area contributed by atoms with Crippen molar-refractivity contribution >= 4 is 18.0 Å². The Morgan fingerprint density at radius 1 is 0.872 bits per heavy atom. The van der Waals surface area contributed by atoms with Gasteiger partial charge >= 0.3 is 12.1 Å². The Morgan fingerprint density at radius 3 is 2.05 bits per heavy atom. The van der Waals surface area contributed by atoms with Gasteiger partial charge in [-0.25, -0.2) is 9.59 Å². The molecular formula is C30H32N2O7. The molecule has 3 N–H and O–H groups in total. The highest BCUT2D eigenvalue weighted by Gasteiger charge is 2.32. The van der Waals surface area contributed by atoms with Gasteiger partial charge in [-0.1, -0.05) is 78.9 Å². The number of methoxy groups -OCH3 is 1. The van der Waals surface area contributed by atoms with Crippen molar-refractivity contribution in [3.8, 4) is 11.1 Å². The fourth-order valence-electron chi connectivity index (χ4n) is 4.66. The van der Waals surface area contributed by atoms with E-state index in [1.165, 1.54) is 7.11 Å². The molecule has 1 aliphatic rings. The predicted octanol–water partition coefficient (Wildman–Crippen LogP) is 3.71. The van der Waals surface area contributed by atoms with Crippen molar-refractivity contribution in [2.24, 2.45) is 0 Å². The van der Waals surface area contributed by atoms with E-state index in [1.54, 1.807) is 6.92 Å². The van der Waals surface area contributed by atoms with E-state index in [2.05, 4.69) is 10.6 Å². The van der Waals surface area contributed by atoms with Gasteiger partial charge in [-0.2, -0.15) is 0 Å². The molecule has 0 aromatic heterocycles. The van der Waals surface area contributed by atoms with Crippen LogP contribution in [0, 0.1) is 0 Å². The fourth-order valence-corrected chi connectivity index (χ4v) is 4.66. The maximum atomic E-state index is 13.0. The largest absolute Gasteiger partial charge is 0.480 e. The molecule has 0 bridgehead atoms. The summed E-state index contributed by atoms with van der Waals surface area (Å²) in [6, 6.07) is 22.7. The molecule has 2 amide bonds. The number of rotatable bonds is 12. The van der Waals surface area contributed by atoms with Crippen LogP contribution >= 0.6 is 0 Å². The first-order chi connectivity index (χ1) is 18.9. The number of hydrogen-bond acceptors (Lipinski definition) is 6. The van der Waals surface area contributed by atoms with Crippen LogP contribution in [0.2, 0.25) is 0 Å². The van der Waals surface area contributed by atoms with Gasteiger partial charge in [0.25, 0.3) is 0 Å². The van der Waals surface area contributed by atoms with Crippen LogP contribution < -0.4 is 10.6 Å². The number of carboxylic acid groups (broad SMARTS) is 1. The fraction of sp³-hybridized carbons (Fsp3) is 0.300. The number of benzene rings is 3. The summed E-state index contributed by atoms with van der Waals surface area (Å²) in [5, 5.41) is 14.7. The molecule has 204 valence electrons. The number of nitrogens with one attached hydrogen (secondary N) is 2. The average Bonchev–Trinajstić information content (AvgIpc) is 3.27. The van der Waals surface area contributed by atoms with E-state index in [0.717, 1.165) is 27.8 Å². The van der Waals surface area contributed by atoms with Gasteiger partial charge in [0.2, 0.25) is 5.91 Å². The topological polar surface area (TPSA) is 123 Å². The summed E-state index contributed by atoms with van der Waals surface area (Å²) < 4.78 is 16.3. The van der Waals surface area contributed by atoms with E-state index in [1.807, 2.05) is 78.9 Å². The summed E-state index contributed by atoms with van der Waals surface area (Å²) in [7, 11) is 1.37. The molecule has 1 unspecified atom stereocenters. The Kier molecular flexibility index (Phi) is 9.30. The highest BCUT2D eigenvalue weighted by molar-refractivity contribution is 5.89. The number of hydrogen-bond donors (Lipinski definition) is 3. The number of carbonyl (C=O) groups is 3. The minimum Gasteiger partial charge on any atom is -0.480 e. The Labute approximate surface area is 227 Å². The molecule has 39 heavy (non-hydrogen) atoms. The Hall–Kier alpha value is -4.21. The second kappa shape index (κ2) is 13.0. The lowest BCUT2D eigenvalue weighted by Gasteiger charge is -2.25. The molecule has 1 aliphatic carbocycles. The SMILES string of the molecule is COCC(NC(=O)OCC1c2ccccc2-c2ccccc21)C(=O)N[C@H](C(=O)O)[C@@H](C)OCc1ccccc1. The molecule has 4 rings (SSSR count). The summed E-state index contributed by atoms with van der Waals surface area (Å²) in [5.74, 6) is -2.13. The van der Waals surface area contributed by atoms with Gasteiger partial charge in [0.1, 0.15) is 12.6 Å². The van der Waals surface area contributed by atoms with Crippen molar-refractivity contribution in [3.05, 3.63) is 95.6 Å². The van der Waals surface area contributed by atoms with Crippen LogP contribution in [-0.4, -0.2) is 61.6 Å². The second-order valence-electron chi connectivity index (χ2n) is 9.30. The molecule has 0 fully saturated rings. The van der Waals surface area contributed by atoms with E-state index >= 15 is 0 Å². The van der Waals surface area contributed by atoms with E-state index < -0.39 is 36.2 Å². The first-order valence-electron chi connectivity index (χ1n) is 12.7. The molecule has 3 aromatic rings.